The van der Waals surface area contributed by atoms with Crippen molar-refractivity contribution in [3.63, 3.8) is 0 Å². The van der Waals surface area contributed by atoms with E-state index in [-0.39, 0.29) is 30.2 Å². The van der Waals surface area contributed by atoms with Crippen LogP contribution in [0.1, 0.15) is 27.5 Å². The number of ether oxygens (including phenoxy) is 3. The average Bonchev–Trinajstić information content (AvgIpc) is 2.97. The molecule has 0 saturated carbocycles. The highest BCUT2D eigenvalue weighted by molar-refractivity contribution is 5.46. The van der Waals surface area contributed by atoms with Gasteiger partial charge in [0.1, 0.15) is 14.3 Å². The van der Waals surface area contributed by atoms with E-state index < -0.39 is 37.4 Å². The average molecular weight is 336 g/mol. The lowest BCUT2D eigenvalue weighted by Crippen LogP contribution is -2.38. The normalized spacial score (nSPS) is 34.5. The minimum atomic E-state index is -2.61. The predicted octanol–water partition coefficient (Wildman–Crippen LogP) is 3.33. The maximum Gasteiger partial charge on any atom is 0.231 e. The van der Waals surface area contributed by atoms with Crippen molar-refractivity contribution >= 4 is 0 Å². The van der Waals surface area contributed by atoms with Crippen molar-refractivity contribution in [3.8, 4) is 17.2 Å². The largest absolute Gasteiger partial charge is 0.493 e. The van der Waals surface area contributed by atoms with E-state index in [1.54, 1.807) is 0 Å². The first kappa shape index (κ1) is 9.28. The Morgan fingerprint density at radius 1 is 1.25 bits per heavy atom. The summed E-state index contributed by atoms with van der Waals surface area (Å²) in [5.74, 6) is -3.25. The van der Waals surface area contributed by atoms with Crippen molar-refractivity contribution in [2.45, 2.75) is 12.3 Å². The molecule has 4 rings (SSSR count). The predicted molar refractivity (Wildman–Crippen MR) is 88.2 cm³/mol. The molecule has 2 aliphatic rings. The molecule has 126 valence electrons. The Morgan fingerprint density at radius 3 is 2.96 bits per heavy atom. The van der Waals surface area contributed by atoms with Gasteiger partial charge in [0.15, 0.2) is 11.5 Å². The van der Waals surface area contributed by atoms with Crippen LogP contribution >= 0.6 is 0 Å². The topological polar surface area (TPSA) is 39.7 Å². The second kappa shape index (κ2) is 6.69. The third kappa shape index (κ3) is 3.17. The number of nitrogens with one attached hydrogen (secondary N) is 1. The van der Waals surface area contributed by atoms with Gasteiger partial charge in [-0.25, -0.2) is 4.39 Å². The van der Waals surface area contributed by atoms with Crippen molar-refractivity contribution in [3.05, 3.63) is 53.8 Å². The fourth-order valence-corrected chi connectivity index (χ4v) is 2.65. The molecule has 5 heteroatoms. The Hall–Kier alpha value is -2.27. The molecular weight excluding hydrogens is 309 g/mol. The van der Waals surface area contributed by atoms with Gasteiger partial charge < -0.3 is 19.5 Å². The van der Waals surface area contributed by atoms with Crippen molar-refractivity contribution in [1.82, 2.24) is 5.32 Å². The van der Waals surface area contributed by atoms with E-state index in [0.717, 1.165) is 0 Å². The monoisotopic (exact) mass is 336 g/mol. The minimum Gasteiger partial charge on any atom is -0.493 e. The molecule has 2 aromatic rings. The van der Waals surface area contributed by atoms with Crippen LogP contribution in [0.15, 0.2) is 42.5 Å². The summed E-state index contributed by atoms with van der Waals surface area (Å²) in [5.41, 5.74) is 0.424. The maximum absolute atomic E-state index is 13.4. The lowest BCUT2D eigenvalue weighted by molar-refractivity contribution is 0.173. The van der Waals surface area contributed by atoms with Crippen LogP contribution in [0.25, 0.3) is 0 Å². The van der Waals surface area contributed by atoms with Crippen LogP contribution in [0.2, 0.25) is 0 Å². The fraction of sp³-hybridized carbons (Fsp3) is 0.368. The van der Waals surface area contributed by atoms with Gasteiger partial charge in [0, 0.05) is 22.6 Å². The molecule has 0 aromatic heterocycles. The number of rotatable bonds is 4. The quantitative estimate of drug-likeness (QED) is 0.930. The molecular formula is C19H20FNO3. The molecule has 0 amide bonds. The molecule has 1 saturated heterocycles. The Bertz CT molecular complexity index is 989. The fourth-order valence-electron chi connectivity index (χ4n) is 2.65. The van der Waals surface area contributed by atoms with Gasteiger partial charge in [0.05, 0.1) is 9.30 Å². The van der Waals surface area contributed by atoms with Gasteiger partial charge in [-0.1, -0.05) is 12.1 Å². The first-order valence-corrected chi connectivity index (χ1v) is 7.52. The zero-order valence-electron chi connectivity index (χ0n) is 19.6. The molecule has 2 aromatic carbocycles. The lowest BCUT2D eigenvalue weighted by atomic mass is 9.81. The van der Waals surface area contributed by atoms with Gasteiger partial charge in [0.25, 0.3) is 0 Å². The zero-order valence-corrected chi connectivity index (χ0v) is 12.6. The number of hydrogen-bond donors (Lipinski definition) is 1. The molecule has 2 heterocycles. The van der Waals surface area contributed by atoms with Crippen LogP contribution in [0.3, 0.4) is 0 Å². The van der Waals surface area contributed by atoms with E-state index in [2.05, 4.69) is 5.32 Å². The van der Waals surface area contributed by atoms with E-state index >= 15 is 0 Å². The van der Waals surface area contributed by atoms with Crippen molar-refractivity contribution in [1.29, 1.82) is 0 Å². The van der Waals surface area contributed by atoms with Crippen LogP contribution in [0, 0.1) is 11.7 Å². The molecule has 2 atom stereocenters. The third-order valence-electron chi connectivity index (χ3n) is 3.92. The molecule has 1 unspecified atom stereocenters. The number of benzene rings is 2. The molecule has 0 radical (unpaired) electrons. The van der Waals surface area contributed by atoms with Crippen molar-refractivity contribution < 1.29 is 28.2 Å². The van der Waals surface area contributed by atoms with Crippen molar-refractivity contribution in [2.24, 2.45) is 5.89 Å². The van der Waals surface area contributed by atoms with Gasteiger partial charge in [-0.15, -0.1) is 0 Å². The number of halogens is 1. The summed E-state index contributed by atoms with van der Waals surface area (Å²) in [7, 11) is 0. The van der Waals surface area contributed by atoms with E-state index in [1.807, 2.05) is 0 Å². The first-order valence-electron chi connectivity index (χ1n) is 11.0. The van der Waals surface area contributed by atoms with E-state index in [1.165, 1.54) is 42.5 Å². The smallest absolute Gasteiger partial charge is 0.231 e. The number of piperidine rings is 1. The molecule has 0 aliphatic carbocycles. The van der Waals surface area contributed by atoms with Gasteiger partial charge in [-0.2, -0.15) is 0 Å². The Kier molecular flexibility index (Phi) is 2.59. The second-order valence-corrected chi connectivity index (χ2v) is 5.46. The SMILES string of the molecule is [2H]C1([2H])C[C@@H](c2ccc(F)cc2)C([2H])(C([2H])([2H])Oc2ccc3c(c2)OC([2H])([2H])O3)CN1. The summed E-state index contributed by atoms with van der Waals surface area (Å²) in [4.78, 5) is 0. The summed E-state index contributed by atoms with van der Waals surface area (Å²) >= 11 is 0. The van der Waals surface area contributed by atoms with E-state index in [9.17, 15) is 4.39 Å². The highest BCUT2D eigenvalue weighted by atomic mass is 19.1. The van der Waals surface area contributed by atoms with Crippen molar-refractivity contribution in [2.75, 3.05) is 26.3 Å². The molecule has 24 heavy (non-hydrogen) atoms. The van der Waals surface area contributed by atoms with Crippen LogP contribution < -0.4 is 19.5 Å². The highest BCUT2D eigenvalue weighted by Crippen LogP contribution is 2.36. The second-order valence-electron chi connectivity index (χ2n) is 5.46. The molecule has 2 aliphatic heterocycles. The summed E-state index contributed by atoms with van der Waals surface area (Å²) in [6.45, 7) is -7.16. The molecule has 0 spiro atoms. The Morgan fingerprint density at radius 2 is 2.08 bits per heavy atom. The van der Waals surface area contributed by atoms with E-state index in [0.29, 0.717) is 5.56 Å². The number of fused-ring (bicyclic) bond motifs is 1. The summed E-state index contributed by atoms with van der Waals surface area (Å²) in [6.07, 6.45) is -0.216. The van der Waals surface area contributed by atoms with Crippen LogP contribution in [0.4, 0.5) is 4.39 Å². The van der Waals surface area contributed by atoms with Crippen LogP contribution in [0.5, 0.6) is 17.2 Å². The van der Waals surface area contributed by atoms with Crippen LogP contribution in [-0.2, 0) is 0 Å². The molecule has 1 N–H and O–H groups in total. The maximum atomic E-state index is 13.4. The van der Waals surface area contributed by atoms with Crippen LogP contribution in [-0.4, -0.2) is 26.3 Å². The van der Waals surface area contributed by atoms with Gasteiger partial charge in [-0.3, -0.25) is 0 Å². The highest BCUT2D eigenvalue weighted by Gasteiger charge is 2.27. The van der Waals surface area contributed by atoms with Gasteiger partial charge in [0.2, 0.25) is 6.75 Å². The van der Waals surface area contributed by atoms with Gasteiger partial charge in [-0.05, 0) is 48.7 Å². The summed E-state index contributed by atoms with van der Waals surface area (Å²) in [5, 5.41) is 2.56. The first-order chi connectivity index (χ1) is 14.3. The Labute approximate surface area is 150 Å². The third-order valence-corrected chi connectivity index (χ3v) is 3.92. The zero-order chi connectivity index (χ0) is 22.7. The standard InChI is InChI=1S/C19H20FNO3/c20-15-3-1-13(2-4-15)17-7-8-21-10-14(17)11-22-16-5-6-18-19(9-16)24-12-23-18/h1-6,9,14,17,21H,7-8,10-12H2/t14?,17-/m0/s1/i8D2,11D2,12D2,14D. The molecule has 1 fully saturated rings. The summed E-state index contributed by atoms with van der Waals surface area (Å²) < 4.78 is 86.1. The molecule has 0 bridgehead atoms. The van der Waals surface area contributed by atoms with E-state index in [4.69, 9.17) is 23.8 Å². The summed E-state index contributed by atoms with van der Waals surface area (Å²) in [6, 6.07) is 9.23. The lowest BCUT2D eigenvalue weighted by Gasteiger charge is -2.32. The minimum absolute atomic E-state index is 0.0110. The molecule has 4 nitrogen and oxygen atoms in total. The number of hydrogen-bond acceptors (Lipinski definition) is 4. The Balaban J connectivity index is 1.65. The van der Waals surface area contributed by atoms with Gasteiger partial charge >= 0.3 is 0 Å².